The quantitative estimate of drug-likeness (QED) is 0.378. The van der Waals surface area contributed by atoms with Crippen LogP contribution in [0.5, 0.6) is 0 Å². The fourth-order valence-corrected chi connectivity index (χ4v) is 0.387. The fourth-order valence-electron chi connectivity index (χ4n) is 0.129. The third-order valence-corrected chi connectivity index (χ3v) is 0.676. The SMILES string of the molecule is C[B]CCS. The molecule has 0 aliphatic rings. The van der Waals surface area contributed by atoms with Crippen molar-refractivity contribution in [2.45, 2.75) is 13.1 Å². The molecule has 0 aromatic rings. The van der Waals surface area contributed by atoms with E-state index in [-0.39, 0.29) is 0 Å². The molecule has 2 heteroatoms. The van der Waals surface area contributed by atoms with Crippen LogP contribution in [0, 0.1) is 0 Å². The first kappa shape index (κ1) is 5.41. The number of rotatable bonds is 2. The Morgan fingerprint density at radius 2 is 2.40 bits per heavy atom. The van der Waals surface area contributed by atoms with E-state index in [1.165, 1.54) is 0 Å². The number of hydrogen-bond donors (Lipinski definition) is 1. The molecule has 0 atom stereocenters. The van der Waals surface area contributed by atoms with Crippen LogP contribution < -0.4 is 0 Å². The van der Waals surface area contributed by atoms with Gasteiger partial charge in [-0.25, -0.2) is 0 Å². The normalized spacial score (nSPS) is 7.60. The van der Waals surface area contributed by atoms with Gasteiger partial charge in [0.2, 0.25) is 0 Å². The maximum Gasteiger partial charge on any atom is 0.106 e. The Morgan fingerprint density at radius 1 is 1.80 bits per heavy atom. The van der Waals surface area contributed by atoms with Crippen LogP contribution in [0.3, 0.4) is 0 Å². The highest BCUT2D eigenvalue weighted by Crippen LogP contribution is 1.78. The third kappa shape index (κ3) is 4.41. The van der Waals surface area contributed by atoms with Crippen LogP contribution in [0.2, 0.25) is 13.1 Å². The van der Waals surface area contributed by atoms with Gasteiger partial charge in [0.15, 0.2) is 0 Å². The van der Waals surface area contributed by atoms with Crippen molar-refractivity contribution in [1.29, 1.82) is 0 Å². The zero-order valence-corrected chi connectivity index (χ0v) is 4.33. The van der Waals surface area contributed by atoms with Crippen molar-refractivity contribution in [3.63, 3.8) is 0 Å². The highest BCUT2D eigenvalue weighted by molar-refractivity contribution is 7.80. The second-order valence-corrected chi connectivity index (χ2v) is 1.37. The minimum absolute atomic E-state index is 0.983. The summed E-state index contributed by atoms with van der Waals surface area (Å²) in [6.45, 7) is 2.04. The standard InChI is InChI=1S/C3H8BS/c1-4-2-3-5/h5H,2-3H2,1H3. The summed E-state index contributed by atoms with van der Waals surface area (Å²) in [4.78, 5) is 0. The largest absolute Gasteiger partial charge is 0.180 e. The predicted octanol–water partition coefficient (Wildman–Crippen LogP) is 1.09. The van der Waals surface area contributed by atoms with Crippen LogP contribution >= 0.6 is 12.6 Å². The summed E-state index contributed by atoms with van der Waals surface area (Å²) in [5.41, 5.74) is 0. The van der Waals surface area contributed by atoms with Crippen molar-refractivity contribution in [1.82, 2.24) is 0 Å². The molecule has 0 saturated heterocycles. The maximum absolute atomic E-state index is 3.97. The van der Waals surface area contributed by atoms with Gasteiger partial charge in [-0.05, 0) is 5.75 Å². The Bertz CT molecular complexity index is 14.4. The summed E-state index contributed by atoms with van der Waals surface area (Å²) in [7, 11) is 2.10. The van der Waals surface area contributed by atoms with Crippen molar-refractivity contribution in [2.24, 2.45) is 0 Å². The molecule has 0 spiro atoms. The molecule has 0 unspecified atom stereocenters. The summed E-state index contributed by atoms with van der Waals surface area (Å²) in [6.07, 6.45) is 1.13. The molecule has 0 saturated carbocycles. The molecule has 0 rings (SSSR count). The number of thiol groups is 1. The molecule has 0 aliphatic carbocycles. The third-order valence-electron chi connectivity index (χ3n) is 0.418. The lowest BCUT2D eigenvalue weighted by molar-refractivity contribution is 1.49. The highest BCUT2D eigenvalue weighted by atomic mass is 32.1. The van der Waals surface area contributed by atoms with Crippen molar-refractivity contribution < 1.29 is 0 Å². The molecule has 0 N–H and O–H groups in total. The second kappa shape index (κ2) is 4.41. The molecule has 29 valence electrons. The van der Waals surface area contributed by atoms with Crippen molar-refractivity contribution in [3.8, 4) is 0 Å². The second-order valence-electron chi connectivity index (χ2n) is 0.921. The Labute approximate surface area is 39.6 Å². The van der Waals surface area contributed by atoms with Gasteiger partial charge in [0, 0.05) is 0 Å². The zero-order valence-electron chi connectivity index (χ0n) is 3.44. The summed E-state index contributed by atoms with van der Waals surface area (Å²) < 4.78 is 0. The van der Waals surface area contributed by atoms with Gasteiger partial charge in [-0.15, -0.1) is 0 Å². The van der Waals surface area contributed by atoms with Gasteiger partial charge in [-0.2, -0.15) is 12.6 Å². The van der Waals surface area contributed by atoms with Gasteiger partial charge in [0.1, 0.15) is 7.28 Å². The molecule has 0 bridgehead atoms. The van der Waals surface area contributed by atoms with Crippen molar-refractivity contribution in [2.75, 3.05) is 5.75 Å². The van der Waals surface area contributed by atoms with E-state index in [9.17, 15) is 0 Å². The van der Waals surface area contributed by atoms with Crippen molar-refractivity contribution >= 4 is 19.9 Å². The minimum Gasteiger partial charge on any atom is -0.180 e. The summed E-state index contributed by atoms with van der Waals surface area (Å²) in [5.74, 6) is 0.983. The van der Waals surface area contributed by atoms with Gasteiger partial charge in [0.05, 0.1) is 0 Å². The van der Waals surface area contributed by atoms with Gasteiger partial charge in [-0.1, -0.05) is 13.1 Å². The highest BCUT2D eigenvalue weighted by Gasteiger charge is 1.71. The molecule has 5 heavy (non-hydrogen) atoms. The van der Waals surface area contributed by atoms with Gasteiger partial charge >= 0.3 is 0 Å². The lowest BCUT2D eigenvalue weighted by Crippen LogP contribution is -1.77. The van der Waals surface area contributed by atoms with E-state index in [2.05, 4.69) is 19.9 Å². The first-order chi connectivity index (χ1) is 2.41. The van der Waals surface area contributed by atoms with E-state index in [0.717, 1.165) is 12.1 Å². The van der Waals surface area contributed by atoms with Crippen LogP contribution in [0.1, 0.15) is 0 Å². The van der Waals surface area contributed by atoms with Crippen molar-refractivity contribution in [3.05, 3.63) is 0 Å². The molecule has 0 aromatic carbocycles. The molecular formula is C3H8BS. The lowest BCUT2D eigenvalue weighted by atomic mass is 9.79. The molecule has 0 aliphatic heterocycles. The van der Waals surface area contributed by atoms with E-state index in [4.69, 9.17) is 0 Å². The van der Waals surface area contributed by atoms with E-state index in [0.29, 0.717) is 0 Å². The van der Waals surface area contributed by atoms with Crippen LogP contribution in [0.15, 0.2) is 0 Å². The predicted molar refractivity (Wildman–Crippen MR) is 30.3 cm³/mol. The van der Waals surface area contributed by atoms with Gasteiger partial charge in [0.25, 0.3) is 0 Å². The van der Waals surface area contributed by atoms with Crippen LogP contribution in [0.25, 0.3) is 0 Å². The molecule has 0 nitrogen and oxygen atoms in total. The average Bonchev–Trinajstić information content (AvgIpc) is 1.41. The van der Waals surface area contributed by atoms with Gasteiger partial charge in [-0.3, -0.25) is 0 Å². The molecule has 0 aromatic heterocycles. The van der Waals surface area contributed by atoms with Crippen LogP contribution in [-0.2, 0) is 0 Å². The molecule has 0 fully saturated rings. The Balaban J connectivity index is 2.19. The molecule has 0 heterocycles. The monoisotopic (exact) mass is 87.0 g/mol. The smallest absolute Gasteiger partial charge is 0.106 e. The van der Waals surface area contributed by atoms with E-state index < -0.39 is 0 Å². The van der Waals surface area contributed by atoms with Gasteiger partial charge < -0.3 is 0 Å². The first-order valence-corrected chi connectivity index (χ1v) is 2.43. The minimum atomic E-state index is 0.983. The Morgan fingerprint density at radius 3 is 2.40 bits per heavy atom. The first-order valence-electron chi connectivity index (χ1n) is 1.80. The molecule has 0 amide bonds. The maximum atomic E-state index is 3.97. The van der Waals surface area contributed by atoms with E-state index in [1.807, 2.05) is 6.82 Å². The van der Waals surface area contributed by atoms with Crippen LogP contribution in [-0.4, -0.2) is 13.0 Å². The average molecular weight is 87.0 g/mol. The topological polar surface area (TPSA) is 0 Å². The number of hydrogen-bond acceptors (Lipinski definition) is 1. The van der Waals surface area contributed by atoms with E-state index >= 15 is 0 Å². The van der Waals surface area contributed by atoms with E-state index in [1.54, 1.807) is 0 Å². The zero-order chi connectivity index (χ0) is 4.12. The summed E-state index contributed by atoms with van der Waals surface area (Å²) >= 11 is 3.97. The summed E-state index contributed by atoms with van der Waals surface area (Å²) in [5, 5.41) is 0. The fraction of sp³-hybridized carbons (Fsp3) is 1.00. The Kier molecular flexibility index (Phi) is 4.78. The van der Waals surface area contributed by atoms with Crippen LogP contribution in [0.4, 0.5) is 0 Å². The summed E-state index contributed by atoms with van der Waals surface area (Å²) in [6, 6.07) is 0. The lowest BCUT2D eigenvalue weighted by Gasteiger charge is -1.76. The Hall–Kier alpha value is 0.415. The molecular weight excluding hydrogens is 78.9 g/mol. The molecule has 1 radical (unpaired) electrons.